The molecule has 1 N–H and O–H groups in total. The van der Waals surface area contributed by atoms with Crippen LogP contribution >= 0.6 is 11.3 Å². The molecule has 0 bridgehead atoms. The number of pyridine rings is 1. The van der Waals surface area contributed by atoms with E-state index >= 15 is 0 Å². The number of anilines is 1. The van der Waals surface area contributed by atoms with Crippen LogP contribution < -0.4 is 5.32 Å². The van der Waals surface area contributed by atoms with Crippen LogP contribution in [0.5, 0.6) is 0 Å². The number of hydrogen-bond donors (Lipinski definition) is 1. The van der Waals surface area contributed by atoms with E-state index in [1.54, 1.807) is 35.9 Å². The first kappa shape index (κ1) is 16.7. The smallest absolute Gasteiger partial charge is 0.256 e. The number of amides is 1. The lowest BCUT2D eigenvalue weighted by molar-refractivity contribution is 0.102. The van der Waals surface area contributed by atoms with Gasteiger partial charge in [0.1, 0.15) is 11.1 Å². The van der Waals surface area contributed by atoms with Gasteiger partial charge in [0, 0.05) is 22.8 Å². The summed E-state index contributed by atoms with van der Waals surface area (Å²) in [5.41, 5.74) is 2.58. The third kappa shape index (κ3) is 3.20. The molecule has 2 aromatic rings. The van der Waals surface area contributed by atoms with E-state index in [2.05, 4.69) is 37.1 Å². The summed E-state index contributed by atoms with van der Waals surface area (Å²) < 4.78 is 0. The molecule has 1 amide bonds. The maximum Gasteiger partial charge on any atom is 0.256 e. The normalized spacial score (nSPS) is 17.0. The van der Waals surface area contributed by atoms with Gasteiger partial charge < -0.3 is 5.32 Å². The lowest BCUT2D eigenvalue weighted by Crippen LogP contribution is -2.26. The maximum atomic E-state index is 12.4. The van der Waals surface area contributed by atoms with Gasteiger partial charge in [0.05, 0.1) is 5.56 Å². The lowest BCUT2D eigenvalue weighted by atomic mass is 9.72. The third-order valence-corrected chi connectivity index (χ3v) is 5.94. The fourth-order valence-corrected chi connectivity index (χ4v) is 4.48. The molecule has 0 unspecified atom stereocenters. The van der Waals surface area contributed by atoms with Crippen LogP contribution in [-0.2, 0) is 12.8 Å². The Kier molecular flexibility index (Phi) is 4.42. The van der Waals surface area contributed by atoms with Gasteiger partial charge in [-0.3, -0.25) is 9.78 Å². The van der Waals surface area contributed by atoms with E-state index in [0.717, 1.165) is 24.8 Å². The first-order valence-corrected chi connectivity index (χ1v) is 8.98. The Bertz CT molecular complexity index is 796. The number of rotatable bonds is 2. The Labute approximate surface area is 146 Å². The number of thiophene rings is 1. The van der Waals surface area contributed by atoms with Crippen molar-refractivity contribution < 1.29 is 4.79 Å². The molecule has 24 heavy (non-hydrogen) atoms. The number of carbonyl (C=O) groups excluding carboxylic acids is 1. The molecule has 0 fully saturated rings. The van der Waals surface area contributed by atoms with E-state index in [1.165, 1.54) is 4.88 Å². The van der Waals surface area contributed by atoms with Gasteiger partial charge in [-0.15, -0.1) is 11.3 Å². The fraction of sp³-hybridized carbons (Fsp3) is 0.421. The largest absolute Gasteiger partial charge is 0.312 e. The van der Waals surface area contributed by atoms with Crippen molar-refractivity contribution >= 4 is 22.2 Å². The molecule has 0 aliphatic heterocycles. The Morgan fingerprint density at radius 1 is 1.38 bits per heavy atom. The van der Waals surface area contributed by atoms with E-state index in [9.17, 15) is 10.1 Å². The van der Waals surface area contributed by atoms with Gasteiger partial charge in [0.2, 0.25) is 0 Å². The standard InChI is InChI=1S/C19H21N3OS/c1-19(2,3)13-4-5-14-15(11-20)18(24-16(14)10-13)22-17(23)12-6-8-21-9-7-12/h6-9,13H,4-5,10H2,1-3H3,(H,22,23)/t13-/m1/s1. The zero-order chi connectivity index (χ0) is 17.3. The molecule has 0 radical (unpaired) electrons. The molecule has 3 rings (SSSR count). The number of fused-ring (bicyclic) bond motifs is 1. The van der Waals surface area contributed by atoms with E-state index in [-0.39, 0.29) is 11.3 Å². The van der Waals surface area contributed by atoms with Crippen LogP contribution in [0, 0.1) is 22.7 Å². The zero-order valence-corrected chi connectivity index (χ0v) is 15.0. The minimum Gasteiger partial charge on any atom is -0.312 e. The molecule has 124 valence electrons. The molecular weight excluding hydrogens is 318 g/mol. The summed E-state index contributed by atoms with van der Waals surface area (Å²) in [7, 11) is 0. The molecule has 2 aromatic heterocycles. The highest BCUT2D eigenvalue weighted by Crippen LogP contribution is 2.44. The van der Waals surface area contributed by atoms with Crippen LogP contribution in [0.2, 0.25) is 0 Å². The van der Waals surface area contributed by atoms with Crippen LogP contribution in [0.3, 0.4) is 0 Å². The minimum atomic E-state index is -0.195. The quantitative estimate of drug-likeness (QED) is 0.881. The van der Waals surface area contributed by atoms with Crippen molar-refractivity contribution in [3.8, 4) is 6.07 Å². The van der Waals surface area contributed by atoms with Crippen molar-refractivity contribution in [1.29, 1.82) is 5.26 Å². The van der Waals surface area contributed by atoms with Crippen LogP contribution in [-0.4, -0.2) is 10.9 Å². The van der Waals surface area contributed by atoms with Crippen LogP contribution in [0.25, 0.3) is 0 Å². The summed E-state index contributed by atoms with van der Waals surface area (Å²) in [6, 6.07) is 5.64. The molecule has 0 saturated heterocycles. The molecular formula is C19H21N3OS. The number of nitrogens with one attached hydrogen (secondary N) is 1. The summed E-state index contributed by atoms with van der Waals surface area (Å²) in [6.07, 6.45) is 6.19. The average molecular weight is 339 g/mol. The van der Waals surface area contributed by atoms with Crippen molar-refractivity contribution in [2.45, 2.75) is 40.0 Å². The van der Waals surface area contributed by atoms with Gasteiger partial charge in [-0.25, -0.2) is 0 Å². The molecule has 0 saturated carbocycles. The molecule has 1 aliphatic rings. The Morgan fingerprint density at radius 2 is 2.08 bits per heavy atom. The fourth-order valence-electron chi connectivity index (χ4n) is 3.21. The Morgan fingerprint density at radius 3 is 2.71 bits per heavy atom. The molecule has 0 aromatic carbocycles. The second-order valence-electron chi connectivity index (χ2n) is 7.32. The van der Waals surface area contributed by atoms with E-state index in [1.807, 2.05) is 0 Å². The van der Waals surface area contributed by atoms with Crippen LogP contribution in [0.15, 0.2) is 24.5 Å². The first-order chi connectivity index (χ1) is 11.4. The average Bonchev–Trinajstić information content (AvgIpc) is 2.90. The number of carbonyl (C=O) groups is 1. The third-order valence-electron chi connectivity index (χ3n) is 4.77. The summed E-state index contributed by atoms with van der Waals surface area (Å²) in [6.45, 7) is 6.81. The zero-order valence-electron chi connectivity index (χ0n) is 14.2. The molecule has 4 nitrogen and oxygen atoms in total. The van der Waals surface area contributed by atoms with Gasteiger partial charge in [0.25, 0.3) is 5.91 Å². The van der Waals surface area contributed by atoms with E-state index in [0.29, 0.717) is 22.0 Å². The second-order valence-corrected chi connectivity index (χ2v) is 8.42. The predicted octanol–water partition coefficient (Wildman–Crippen LogP) is 4.42. The Hall–Kier alpha value is -2.19. The topological polar surface area (TPSA) is 65.8 Å². The molecule has 1 atom stereocenters. The minimum absolute atomic E-state index is 0.195. The lowest BCUT2D eigenvalue weighted by Gasteiger charge is -2.33. The summed E-state index contributed by atoms with van der Waals surface area (Å²) in [4.78, 5) is 17.6. The number of nitriles is 1. The van der Waals surface area contributed by atoms with E-state index in [4.69, 9.17) is 0 Å². The highest BCUT2D eigenvalue weighted by molar-refractivity contribution is 7.16. The van der Waals surface area contributed by atoms with Crippen molar-refractivity contribution in [1.82, 2.24) is 4.98 Å². The monoisotopic (exact) mass is 339 g/mol. The van der Waals surface area contributed by atoms with Gasteiger partial charge in [-0.05, 0) is 48.3 Å². The second kappa shape index (κ2) is 6.37. The van der Waals surface area contributed by atoms with Gasteiger partial charge in [0.15, 0.2) is 0 Å². The number of hydrogen-bond acceptors (Lipinski definition) is 4. The molecule has 0 spiro atoms. The summed E-state index contributed by atoms with van der Waals surface area (Å²) in [5, 5.41) is 13.2. The van der Waals surface area contributed by atoms with Crippen LogP contribution in [0.1, 0.15) is 53.6 Å². The van der Waals surface area contributed by atoms with Crippen molar-refractivity contribution in [2.75, 3.05) is 5.32 Å². The van der Waals surface area contributed by atoms with E-state index < -0.39 is 0 Å². The van der Waals surface area contributed by atoms with Crippen molar-refractivity contribution in [2.24, 2.45) is 11.3 Å². The predicted molar refractivity (Wildman–Crippen MR) is 96.2 cm³/mol. The van der Waals surface area contributed by atoms with Gasteiger partial charge >= 0.3 is 0 Å². The summed E-state index contributed by atoms with van der Waals surface area (Å²) in [5.74, 6) is 0.416. The number of aromatic nitrogens is 1. The molecule has 2 heterocycles. The van der Waals surface area contributed by atoms with Gasteiger partial charge in [-0.2, -0.15) is 5.26 Å². The van der Waals surface area contributed by atoms with Crippen molar-refractivity contribution in [3.63, 3.8) is 0 Å². The Balaban J connectivity index is 1.87. The molecule has 5 heteroatoms. The highest BCUT2D eigenvalue weighted by atomic mass is 32.1. The summed E-state index contributed by atoms with van der Waals surface area (Å²) >= 11 is 1.56. The maximum absolute atomic E-state index is 12.4. The molecule has 1 aliphatic carbocycles. The van der Waals surface area contributed by atoms with Gasteiger partial charge in [-0.1, -0.05) is 20.8 Å². The first-order valence-electron chi connectivity index (χ1n) is 8.16. The number of nitrogens with zero attached hydrogens (tertiary/aromatic N) is 2. The van der Waals surface area contributed by atoms with Crippen LogP contribution in [0.4, 0.5) is 5.00 Å². The highest BCUT2D eigenvalue weighted by Gasteiger charge is 2.32. The SMILES string of the molecule is CC(C)(C)[C@@H]1CCc2c(sc(NC(=O)c3ccncc3)c2C#N)C1. The van der Waals surface area contributed by atoms with Crippen molar-refractivity contribution in [3.05, 3.63) is 46.1 Å².